The van der Waals surface area contributed by atoms with Crippen molar-refractivity contribution in [3.8, 4) is 0 Å². The molecule has 0 aliphatic carbocycles. The zero-order chi connectivity index (χ0) is 27.4. The smallest absolute Gasteiger partial charge is 0.269 e. The highest BCUT2D eigenvalue weighted by Crippen LogP contribution is 2.39. The zero-order valence-electron chi connectivity index (χ0n) is 21.9. The van der Waals surface area contributed by atoms with E-state index in [0.29, 0.717) is 38.2 Å². The summed E-state index contributed by atoms with van der Waals surface area (Å²) in [5, 5.41) is 10.9. The van der Waals surface area contributed by atoms with Gasteiger partial charge in [-0.1, -0.05) is 18.2 Å². The molecule has 3 fully saturated rings. The van der Waals surface area contributed by atoms with Crippen LogP contribution in [0.3, 0.4) is 0 Å². The number of benzene rings is 2. The van der Waals surface area contributed by atoms with E-state index in [9.17, 15) is 24.5 Å². The van der Waals surface area contributed by atoms with E-state index in [1.807, 2.05) is 35.2 Å². The Morgan fingerprint density at radius 2 is 1.56 bits per heavy atom. The first kappa shape index (κ1) is 26.4. The monoisotopic (exact) mass is 531 g/mol. The molecule has 2 aromatic carbocycles. The number of anilines is 1. The van der Waals surface area contributed by atoms with Gasteiger partial charge in [0, 0.05) is 50.1 Å². The Morgan fingerprint density at radius 3 is 2.21 bits per heavy atom. The minimum absolute atomic E-state index is 0.00268. The van der Waals surface area contributed by atoms with E-state index in [1.54, 1.807) is 28.0 Å². The molecule has 3 aliphatic heterocycles. The van der Waals surface area contributed by atoms with Gasteiger partial charge in [0.25, 0.3) is 11.6 Å². The summed E-state index contributed by atoms with van der Waals surface area (Å²) in [6.45, 7) is 2.73. The number of hydrogen-bond acceptors (Lipinski definition) is 6. The second-order valence-corrected chi connectivity index (χ2v) is 10.4. The van der Waals surface area contributed by atoms with Gasteiger partial charge >= 0.3 is 0 Å². The topological polar surface area (TPSA) is 107 Å². The van der Waals surface area contributed by atoms with Crippen LogP contribution in [0.1, 0.15) is 37.7 Å². The van der Waals surface area contributed by atoms with Gasteiger partial charge in [0.1, 0.15) is 12.1 Å². The van der Waals surface area contributed by atoms with Crippen LogP contribution in [0.2, 0.25) is 0 Å². The van der Waals surface area contributed by atoms with Crippen LogP contribution in [0.5, 0.6) is 0 Å². The SMILES string of the molecule is O=C(C=Cc1ccc([N+](=O)[O-])cc1)N1CCC2(CC1)C(=O)N(CC(=O)N1CCCCC1)CN2c1ccccc1. The first-order chi connectivity index (χ1) is 18.9. The molecule has 0 unspecified atom stereocenters. The maximum atomic E-state index is 13.9. The lowest BCUT2D eigenvalue weighted by atomic mass is 9.85. The van der Waals surface area contributed by atoms with Gasteiger partial charge in [-0.25, -0.2) is 0 Å². The maximum absolute atomic E-state index is 13.9. The van der Waals surface area contributed by atoms with Crippen molar-refractivity contribution < 1.29 is 19.3 Å². The maximum Gasteiger partial charge on any atom is 0.269 e. The molecule has 3 saturated heterocycles. The molecule has 2 aromatic rings. The second-order valence-electron chi connectivity index (χ2n) is 10.4. The highest BCUT2D eigenvalue weighted by atomic mass is 16.6. The molecule has 3 aliphatic rings. The third-order valence-electron chi connectivity index (χ3n) is 8.04. The fourth-order valence-corrected chi connectivity index (χ4v) is 5.81. The molecule has 0 radical (unpaired) electrons. The second kappa shape index (κ2) is 11.3. The minimum Gasteiger partial charge on any atom is -0.341 e. The molecule has 3 amide bonds. The number of nitrogens with zero attached hydrogens (tertiary/aromatic N) is 5. The number of nitro benzene ring substituents is 1. The molecule has 0 bridgehead atoms. The van der Waals surface area contributed by atoms with Crippen LogP contribution in [0.25, 0.3) is 6.08 Å². The summed E-state index contributed by atoms with van der Waals surface area (Å²) in [4.78, 5) is 57.6. The lowest BCUT2D eigenvalue weighted by Gasteiger charge is -2.43. The van der Waals surface area contributed by atoms with Gasteiger partial charge in [0.2, 0.25) is 11.8 Å². The molecule has 5 rings (SSSR count). The number of likely N-dealkylation sites (tertiary alicyclic amines) is 2. The predicted octanol–water partition coefficient (Wildman–Crippen LogP) is 3.29. The molecule has 3 heterocycles. The number of nitro groups is 1. The molecule has 0 saturated carbocycles. The van der Waals surface area contributed by atoms with Crippen LogP contribution >= 0.6 is 0 Å². The standard InChI is InChI=1S/C29H33N5O5/c35-26(14-11-23-9-12-25(13-10-23)34(38)39)31-19-15-29(16-20-31)28(37)32(21-27(36)30-17-5-2-6-18-30)22-33(29)24-7-3-1-4-8-24/h1,3-4,7-14H,2,5-6,15-22H2. The molecule has 10 heteroatoms. The fraction of sp³-hybridized carbons (Fsp3) is 0.414. The normalized spacial score (nSPS) is 19.2. The Morgan fingerprint density at radius 1 is 0.897 bits per heavy atom. The van der Waals surface area contributed by atoms with Crippen molar-refractivity contribution in [1.82, 2.24) is 14.7 Å². The summed E-state index contributed by atoms with van der Waals surface area (Å²) in [6, 6.07) is 15.8. The third kappa shape index (κ3) is 5.50. The molecular weight excluding hydrogens is 498 g/mol. The van der Waals surface area contributed by atoms with E-state index in [1.165, 1.54) is 18.2 Å². The quantitative estimate of drug-likeness (QED) is 0.322. The van der Waals surface area contributed by atoms with E-state index >= 15 is 0 Å². The van der Waals surface area contributed by atoms with E-state index in [0.717, 1.165) is 38.0 Å². The minimum atomic E-state index is -0.803. The Labute approximate surface area is 227 Å². The van der Waals surface area contributed by atoms with Gasteiger partial charge in [-0.15, -0.1) is 0 Å². The van der Waals surface area contributed by atoms with Crippen molar-refractivity contribution >= 4 is 35.2 Å². The van der Waals surface area contributed by atoms with Gasteiger partial charge < -0.3 is 19.6 Å². The Hall–Kier alpha value is -4.21. The number of rotatable bonds is 6. The van der Waals surface area contributed by atoms with Crippen LogP contribution in [0, 0.1) is 10.1 Å². The first-order valence-electron chi connectivity index (χ1n) is 13.5. The average molecular weight is 532 g/mol. The molecule has 10 nitrogen and oxygen atoms in total. The van der Waals surface area contributed by atoms with Crippen LogP contribution in [0.4, 0.5) is 11.4 Å². The summed E-state index contributed by atoms with van der Waals surface area (Å²) in [7, 11) is 0. The van der Waals surface area contributed by atoms with Crippen molar-refractivity contribution in [2.75, 3.05) is 44.3 Å². The highest BCUT2D eigenvalue weighted by Gasteiger charge is 2.54. The largest absolute Gasteiger partial charge is 0.341 e. The van der Waals surface area contributed by atoms with Gasteiger partial charge in [0.15, 0.2) is 0 Å². The lowest BCUT2D eigenvalue weighted by molar-refractivity contribution is -0.384. The lowest BCUT2D eigenvalue weighted by Crippen LogP contribution is -2.57. The number of carbonyl (C=O) groups excluding carboxylic acids is 3. The number of amides is 3. The van der Waals surface area contributed by atoms with Crippen molar-refractivity contribution in [3.63, 3.8) is 0 Å². The first-order valence-corrected chi connectivity index (χ1v) is 13.5. The summed E-state index contributed by atoms with van der Waals surface area (Å²) in [5.74, 6) is -0.223. The van der Waals surface area contributed by atoms with E-state index in [2.05, 4.69) is 4.90 Å². The van der Waals surface area contributed by atoms with Crippen LogP contribution in [-0.4, -0.2) is 82.3 Å². The van der Waals surface area contributed by atoms with E-state index in [4.69, 9.17) is 0 Å². The number of carbonyl (C=O) groups is 3. The van der Waals surface area contributed by atoms with Gasteiger partial charge in [-0.05, 0) is 68.0 Å². The Balaban J connectivity index is 1.28. The van der Waals surface area contributed by atoms with Crippen molar-refractivity contribution in [1.29, 1.82) is 0 Å². The predicted molar refractivity (Wildman–Crippen MR) is 147 cm³/mol. The summed E-state index contributed by atoms with van der Waals surface area (Å²) >= 11 is 0. The number of hydrogen-bond donors (Lipinski definition) is 0. The summed E-state index contributed by atoms with van der Waals surface area (Å²) < 4.78 is 0. The van der Waals surface area contributed by atoms with Gasteiger partial charge in [-0.3, -0.25) is 24.5 Å². The van der Waals surface area contributed by atoms with Crippen molar-refractivity contribution in [2.24, 2.45) is 0 Å². The van der Waals surface area contributed by atoms with E-state index in [-0.39, 0.29) is 30.0 Å². The van der Waals surface area contributed by atoms with Crippen LogP contribution in [0.15, 0.2) is 60.7 Å². The average Bonchev–Trinajstić information content (AvgIpc) is 3.23. The van der Waals surface area contributed by atoms with Gasteiger partial charge in [-0.2, -0.15) is 0 Å². The molecule has 204 valence electrons. The van der Waals surface area contributed by atoms with E-state index < -0.39 is 10.5 Å². The Bertz CT molecular complexity index is 1250. The molecular formula is C29H33N5O5. The van der Waals surface area contributed by atoms with Crippen LogP contribution in [-0.2, 0) is 14.4 Å². The number of non-ortho nitro benzene ring substituents is 1. The highest BCUT2D eigenvalue weighted by molar-refractivity contribution is 5.97. The Kier molecular flexibility index (Phi) is 7.63. The molecule has 0 aromatic heterocycles. The number of para-hydroxylation sites is 1. The van der Waals surface area contributed by atoms with Gasteiger partial charge in [0.05, 0.1) is 11.6 Å². The van der Waals surface area contributed by atoms with Crippen LogP contribution < -0.4 is 4.90 Å². The molecule has 39 heavy (non-hydrogen) atoms. The summed E-state index contributed by atoms with van der Waals surface area (Å²) in [6.07, 6.45) is 7.17. The fourth-order valence-electron chi connectivity index (χ4n) is 5.81. The number of piperidine rings is 2. The zero-order valence-corrected chi connectivity index (χ0v) is 21.9. The van der Waals surface area contributed by atoms with Crippen molar-refractivity contribution in [2.45, 2.75) is 37.6 Å². The molecule has 1 spiro atoms. The third-order valence-corrected chi connectivity index (χ3v) is 8.04. The molecule has 0 N–H and O–H groups in total. The summed E-state index contributed by atoms with van der Waals surface area (Å²) in [5.41, 5.74) is 0.813. The molecule has 0 atom stereocenters. The van der Waals surface area contributed by atoms with Crippen molar-refractivity contribution in [3.05, 3.63) is 76.4 Å².